The number of anilines is 1. The Morgan fingerprint density at radius 1 is 1.29 bits per heavy atom. The summed E-state index contributed by atoms with van der Waals surface area (Å²) in [6, 6.07) is 9.66. The molecule has 3 rings (SSSR count). The summed E-state index contributed by atoms with van der Waals surface area (Å²) in [4.78, 5) is 2.63. The molecule has 2 nitrogen and oxygen atoms in total. The lowest BCUT2D eigenvalue weighted by molar-refractivity contribution is 0.142. The van der Waals surface area contributed by atoms with E-state index in [1.807, 2.05) is 0 Å². The molecule has 21 heavy (non-hydrogen) atoms. The number of para-hydroxylation sites is 1. The van der Waals surface area contributed by atoms with E-state index in [1.165, 1.54) is 50.0 Å². The number of fused-ring (bicyclic) bond motifs is 1. The van der Waals surface area contributed by atoms with Crippen molar-refractivity contribution in [3.05, 3.63) is 29.8 Å². The first-order valence-electron chi connectivity index (χ1n) is 8.65. The Labute approximate surface area is 129 Å². The zero-order valence-electron chi connectivity index (χ0n) is 13.9. The fourth-order valence-corrected chi connectivity index (χ4v) is 4.34. The van der Waals surface area contributed by atoms with E-state index in [4.69, 9.17) is 0 Å². The number of nitrogens with one attached hydrogen (secondary N) is 1. The monoisotopic (exact) mass is 286 g/mol. The molecule has 2 atom stereocenters. The smallest absolute Gasteiger partial charge is 0.0399 e. The maximum Gasteiger partial charge on any atom is 0.0399 e. The molecule has 0 radical (unpaired) electrons. The number of hydrogen-bond donors (Lipinski definition) is 1. The average Bonchev–Trinajstić information content (AvgIpc) is 2.85. The molecule has 0 amide bonds. The fourth-order valence-electron chi connectivity index (χ4n) is 4.34. The highest BCUT2D eigenvalue weighted by atomic mass is 15.2. The molecule has 1 aromatic carbocycles. The van der Waals surface area contributed by atoms with Crippen LogP contribution < -0.4 is 10.2 Å². The Bertz CT molecular complexity index is 480. The standard InChI is InChI=1S/C19H30N2/c1-4-20-17-9-11-19(2,3)13-16(17)14-21-12-10-15-7-5-6-8-18(15)21/h5-8,16-17,20H,4,9-14H2,1-3H3. The second-order valence-corrected chi connectivity index (χ2v) is 7.66. The van der Waals surface area contributed by atoms with E-state index in [9.17, 15) is 0 Å². The van der Waals surface area contributed by atoms with Crippen LogP contribution in [0.1, 0.15) is 45.6 Å². The van der Waals surface area contributed by atoms with Gasteiger partial charge in [0.25, 0.3) is 0 Å². The normalized spacial score (nSPS) is 27.7. The van der Waals surface area contributed by atoms with Gasteiger partial charge < -0.3 is 10.2 Å². The van der Waals surface area contributed by atoms with Gasteiger partial charge in [0.15, 0.2) is 0 Å². The van der Waals surface area contributed by atoms with Gasteiger partial charge in [-0.05, 0) is 55.2 Å². The lowest BCUT2D eigenvalue weighted by atomic mass is 9.69. The predicted molar refractivity (Wildman–Crippen MR) is 90.9 cm³/mol. The van der Waals surface area contributed by atoms with Crippen molar-refractivity contribution in [1.82, 2.24) is 5.32 Å². The van der Waals surface area contributed by atoms with Gasteiger partial charge in [0.05, 0.1) is 0 Å². The summed E-state index contributed by atoms with van der Waals surface area (Å²) in [5, 5.41) is 3.74. The van der Waals surface area contributed by atoms with Gasteiger partial charge in [-0.3, -0.25) is 0 Å². The average molecular weight is 286 g/mol. The van der Waals surface area contributed by atoms with Gasteiger partial charge in [-0.2, -0.15) is 0 Å². The van der Waals surface area contributed by atoms with Crippen LogP contribution >= 0.6 is 0 Å². The summed E-state index contributed by atoms with van der Waals surface area (Å²) in [6.45, 7) is 10.6. The van der Waals surface area contributed by atoms with E-state index in [-0.39, 0.29) is 0 Å². The van der Waals surface area contributed by atoms with E-state index < -0.39 is 0 Å². The third-order valence-electron chi connectivity index (χ3n) is 5.42. The maximum absolute atomic E-state index is 3.74. The summed E-state index contributed by atoms with van der Waals surface area (Å²) in [5.74, 6) is 0.778. The van der Waals surface area contributed by atoms with Crippen LogP contribution in [0.2, 0.25) is 0 Å². The minimum Gasteiger partial charge on any atom is -0.371 e. The van der Waals surface area contributed by atoms with E-state index in [0.717, 1.165) is 12.5 Å². The van der Waals surface area contributed by atoms with Crippen LogP contribution in [0.25, 0.3) is 0 Å². The van der Waals surface area contributed by atoms with Crippen molar-refractivity contribution in [1.29, 1.82) is 0 Å². The number of rotatable bonds is 4. The second-order valence-electron chi connectivity index (χ2n) is 7.66. The van der Waals surface area contributed by atoms with Crippen LogP contribution in [0.5, 0.6) is 0 Å². The first-order chi connectivity index (χ1) is 10.1. The molecule has 0 bridgehead atoms. The Morgan fingerprint density at radius 3 is 2.90 bits per heavy atom. The molecule has 1 aliphatic carbocycles. The van der Waals surface area contributed by atoms with Crippen molar-refractivity contribution < 1.29 is 0 Å². The number of nitrogens with zero attached hydrogens (tertiary/aromatic N) is 1. The Kier molecular flexibility index (Phi) is 4.26. The summed E-state index contributed by atoms with van der Waals surface area (Å²) in [7, 11) is 0. The molecule has 0 aromatic heterocycles. The third kappa shape index (κ3) is 3.26. The van der Waals surface area contributed by atoms with E-state index in [2.05, 4.69) is 55.3 Å². The summed E-state index contributed by atoms with van der Waals surface area (Å²) in [6.07, 6.45) is 5.26. The van der Waals surface area contributed by atoms with Crippen molar-refractivity contribution in [2.75, 3.05) is 24.5 Å². The van der Waals surface area contributed by atoms with Gasteiger partial charge >= 0.3 is 0 Å². The minimum atomic E-state index is 0.510. The van der Waals surface area contributed by atoms with Crippen molar-refractivity contribution in [2.45, 2.75) is 52.5 Å². The van der Waals surface area contributed by atoms with Gasteiger partial charge in [-0.1, -0.05) is 39.0 Å². The first kappa shape index (κ1) is 14.9. The Hall–Kier alpha value is -1.02. The molecule has 1 aromatic rings. The van der Waals surface area contributed by atoms with Crippen molar-refractivity contribution >= 4 is 5.69 Å². The molecule has 0 saturated heterocycles. The Morgan fingerprint density at radius 2 is 2.10 bits per heavy atom. The topological polar surface area (TPSA) is 15.3 Å². The van der Waals surface area contributed by atoms with Crippen molar-refractivity contribution in [3.8, 4) is 0 Å². The lowest BCUT2D eigenvalue weighted by Crippen LogP contribution is -2.47. The zero-order chi connectivity index (χ0) is 14.9. The van der Waals surface area contributed by atoms with Crippen LogP contribution in [0, 0.1) is 11.3 Å². The summed E-state index contributed by atoms with van der Waals surface area (Å²) >= 11 is 0. The molecule has 2 aliphatic rings. The SMILES string of the molecule is CCNC1CCC(C)(C)CC1CN1CCc2ccccc21. The molecule has 1 heterocycles. The van der Waals surface area contributed by atoms with Crippen LogP contribution in [0.15, 0.2) is 24.3 Å². The highest BCUT2D eigenvalue weighted by molar-refractivity contribution is 5.57. The molecule has 0 spiro atoms. The number of hydrogen-bond acceptors (Lipinski definition) is 2. The predicted octanol–water partition coefficient (Wildman–Crippen LogP) is 3.85. The molecule has 116 valence electrons. The molecule has 1 saturated carbocycles. The van der Waals surface area contributed by atoms with E-state index in [0.29, 0.717) is 11.5 Å². The fraction of sp³-hybridized carbons (Fsp3) is 0.684. The number of benzene rings is 1. The molecule has 2 heteroatoms. The zero-order valence-corrected chi connectivity index (χ0v) is 13.9. The van der Waals surface area contributed by atoms with Crippen molar-refractivity contribution in [3.63, 3.8) is 0 Å². The van der Waals surface area contributed by atoms with Gasteiger partial charge in [0.1, 0.15) is 0 Å². The van der Waals surface area contributed by atoms with Crippen LogP contribution in [-0.4, -0.2) is 25.7 Å². The van der Waals surface area contributed by atoms with Gasteiger partial charge in [-0.25, -0.2) is 0 Å². The highest BCUT2D eigenvalue weighted by Gasteiger charge is 2.36. The van der Waals surface area contributed by atoms with Crippen LogP contribution in [0.4, 0.5) is 5.69 Å². The molecule has 2 unspecified atom stereocenters. The quantitative estimate of drug-likeness (QED) is 0.904. The molecular weight excluding hydrogens is 256 g/mol. The van der Waals surface area contributed by atoms with Gasteiger partial charge in [-0.15, -0.1) is 0 Å². The van der Waals surface area contributed by atoms with Crippen LogP contribution in [-0.2, 0) is 6.42 Å². The highest BCUT2D eigenvalue weighted by Crippen LogP contribution is 2.40. The lowest BCUT2D eigenvalue weighted by Gasteiger charge is -2.43. The summed E-state index contributed by atoms with van der Waals surface area (Å²) < 4.78 is 0. The molecule has 1 aliphatic heterocycles. The first-order valence-corrected chi connectivity index (χ1v) is 8.65. The third-order valence-corrected chi connectivity index (χ3v) is 5.42. The minimum absolute atomic E-state index is 0.510. The Balaban J connectivity index is 1.72. The molecule has 1 N–H and O–H groups in total. The largest absolute Gasteiger partial charge is 0.371 e. The van der Waals surface area contributed by atoms with E-state index >= 15 is 0 Å². The van der Waals surface area contributed by atoms with Gasteiger partial charge in [0, 0.05) is 24.8 Å². The van der Waals surface area contributed by atoms with Crippen molar-refractivity contribution in [2.24, 2.45) is 11.3 Å². The van der Waals surface area contributed by atoms with Gasteiger partial charge in [0.2, 0.25) is 0 Å². The second kappa shape index (κ2) is 6.00. The van der Waals surface area contributed by atoms with Crippen LogP contribution in [0.3, 0.4) is 0 Å². The molecule has 1 fully saturated rings. The summed E-state index contributed by atoms with van der Waals surface area (Å²) in [5.41, 5.74) is 3.53. The maximum atomic E-state index is 3.74. The van der Waals surface area contributed by atoms with E-state index in [1.54, 1.807) is 0 Å². The molecular formula is C19H30N2.